The predicted octanol–water partition coefficient (Wildman–Crippen LogP) is -0.0975. The van der Waals surface area contributed by atoms with Crippen LogP contribution in [0.1, 0.15) is 98.8 Å². The Hall–Kier alpha value is -0.720. The van der Waals surface area contributed by atoms with E-state index in [1.165, 1.54) is 6.92 Å². The molecule has 0 unspecified atom stereocenters. The molecule has 0 radical (unpaired) electrons. The largest absolute Gasteiger partial charge is 0.394 e. The normalized spacial score (nSPS) is 55.6. The van der Waals surface area contributed by atoms with Crippen LogP contribution in [0.3, 0.4) is 0 Å². The van der Waals surface area contributed by atoms with Crippen molar-refractivity contribution in [3.05, 3.63) is 0 Å². The molecule has 10 N–H and O–H groups in total. The van der Waals surface area contributed by atoms with Crippen molar-refractivity contribution in [1.82, 2.24) is 0 Å². The smallest absolute Gasteiger partial charge is 0.187 e. The highest BCUT2D eigenvalue weighted by Gasteiger charge is 2.69. The van der Waals surface area contributed by atoms with Gasteiger partial charge in [-0.2, -0.15) is 0 Å². The van der Waals surface area contributed by atoms with Crippen LogP contribution in [-0.2, 0) is 37.9 Å². The van der Waals surface area contributed by atoms with E-state index in [0.29, 0.717) is 36.0 Å². The van der Waals surface area contributed by atoms with Crippen molar-refractivity contribution in [3.63, 3.8) is 0 Å². The first-order valence-corrected chi connectivity index (χ1v) is 24.1. The molecule has 4 saturated carbocycles. The molecule has 4 aliphatic heterocycles. The lowest BCUT2D eigenvalue weighted by Crippen LogP contribution is -2.64. The Labute approximate surface area is 376 Å². The van der Waals surface area contributed by atoms with E-state index in [9.17, 15) is 51.1 Å². The summed E-state index contributed by atoms with van der Waals surface area (Å²) in [5, 5.41) is 104. The fourth-order valence-corrected chi connectivity index (χ4v) is 14.4. The van der Waals surface area contributed by atoms with E-state index in [4.69, 9.17) is 37.9 Å². The Morgan fingerprint density at radius 1 is 0.656 bits per heavy atom. The second-order valence-corrected chi connectivity index (χ2v) is 21.6. The van der Waals surface area contributed by atoms with Crippen LogP contribution in [0.2, 0.25) is 0 Å². The van der Waals surface area contributed by atoms with E-state index in [0.717, 1.165) is 57.8 Å². The second-order valence-electron chi connectivity index (χ2n) is 21.6. The van der Waals surface area contributed by atoms with Crippen LogP contribution < -0.4 is 0 Å². The average molecular weight is 919 g/mol. The maximum Gasteiger partial charge on any atom is 0.187 e. The van der Waals surface area contributed by atoms with Gasteiger partial charge >= 0.3 is 0 Å². The molecule has 0 spiro atoms. The Kier molecular flexibility index (Phi) is 14.9. The first kappa shape index (κ1) is 49.7. The van der Waals surface area contributed by atoms with Gasteiger partial charge in [-0.15, -0.1) is 0 Å². The molecule has 8 aliphatic rings. The van der Waals surface area contributed by atoms with Gasteiger partial charge in [0.2, 0.25) is 0 Å². The van der Waals surface area contributed by atoms with Gasteiger partial charge in [-0.25, -0.2) is 0 Å². The average Bonchev–Trinajstić information content (AvgIpc) is 3.74. The van der Waals surface area contributed by atoms with Crippen molar-refractivity contribution < 1.29 is 89.0 Å². The van der Waals surface area contributed by atoms with Gasteiger partial charge in [0.15, 0.2) is 24.7 Å². The summed E-state index contributed by atoms with van der Waals surface area (Å²) in [6.07, 6.45) is -10.9. The molecule has 4 aliphatic carbocycles. The van der Waals surface area contributed by atoms with E-state index in [2.05, 4.69) is 20.8 Å². The van der Waals surface area contributed by atoms with Crippen LogP contribution in [0.4, 0.5) is 0 Å². The first-order chi connectivity index (χ1) is 30.3. The Bertz CT molecular complexity index is 1560. The lowest BCUT2D eigenvalue weighted by atomic mass is 9.44. The third kappa shape index (κ3) is 8.56. The van der Waals surface area contributed by atoms with E-state index < -0.39 is 111 Å². The Balaban J connectivity index is 0.847. The number of aliphatic hydroxyl groups excluding tert-OH is 10. The SMILES string of the molecule is CO[C@]1(CC[C@H](C)CO[C@@H]2O[C@H](CO)[C@@H](O)[C@H](O)[C@H]2O)O[C@@H]2C[C@@H]3[C@@H]4CC[C@@H]5C[C@@H](O[C@@H]6O[C@H](CO)[C@@H](O[C@@H]7O[C@@H](C)[C@H](O)[C@@H](O)[C@H]7O)[C@H](O)[C@H]6O)CC[C@]5(C)[C@H]4CC[C@]3(C)[C@@H]2[C@@H]1C. The van der Waals surface area contributed by atoms with Crippen molar-refractivity contribution >= 4 is 0 Å². The molecule has 8 fully saturated rings. The summed E-state index contributed by atoms with van der Waals surface area (Å²) in [6.45, 7) is 9.96. The monoisotopic (exact) mass is 919 g/mol. The topological polar surface area (TPSA) is 276 Å². The van der Waals surface area contributed by atoms with Gasteiger partial charge in [0.25, 0.3) is 0 Å². The number of methoxy groups -OCH3 is 1. The van der Waals surface area contributed by atoms with Crippen LogP contribution >= 0.6 is 0 Å². The molecule has 0 bridgehead atoms. The van der Waals surface area contributed by atoms with Crippen LogP contribution in [0.5, 0.6) is 0 Å². The van der Waals surface area contributed by atoms with Crippen LogP contribution in [0, 0.1) is 52.3 Å². The highest BCUT2D eigenvalue weighted by Crippen LogP contribution is 2.71. The minimum Gasteiger partial charge on any atom is -0.394 e. The molecule has 4 heterocycles. The van der Waals surface area contributed by atoms with E-state index >= 15 is 0 Å². The molecule has 18 heteroatoms. The quantitative estimate of drug-likeness (QED) is 0.108. The number of hydrogen-bond acceptors (Lipinski definition) is 18. The first-order valence-electron chi connectivity index (χ1n) is 24.1. The Morgan fingerprint density at radius 2 is 1.30 bits per heavy atom. The van der Waals surface area contributed by atoms with E-state index in [1.54, 1.807) is 7.11 Å². The zero-order valence-corrected chi connectivity index (χ0v) is 38.3. The molecule has 0 amide bonds. The summed E-state index contributed by atoms with van der Waals surface area (Å²) in [5.41, 5.74) is 0.222. The fourth-order valence-electron chi connectivity index (χ4n) is 14.4. The lowest BCUT2D eigenvalue weighted by Gasteiger charge is -2.61. The second kappa shape index (κ2) is 19.2. The summed E-state index contributed by atoms with van der Waals surface area (Å²) in [4.78, 5) is 0. The van der Waals surface area contributed by atoms with Gasteiger partial charge in [-0.3, -0.25) is 0 Å². The molecule has 0 aromatic heterocycles. The van der Waals surface area contributed by atoms with Gasteiger partial charge in [-0.1, -0.05) is 27.7 Å². The molecule has 64 heavy (non-hydrogen) atoms. The van der Waals surface area contributed by atoms with Crippen molar-refractivity contribution in [1.29, 1.82) is 0 Å². The van der Waals surface area contributed by atoms with Crippen LogP contribution in [-0.4, -0.2) is 188 Å². The highest BCUT2D eigenvalue weighted by atomic mass is 16.7. The zero-order chi connectivity index (χ0) is 46.2. The molecule has 370 valence electrons. The third-order valence-electron chi connectivity index (χ3n) is 18.3. The molecule has 0 aromatic carbocycles. The highest BCUT2D eigenvalue weighted by molar-refractivity contribution is 5.15. The minimum absolute atomic E-state index is 0.0392. The number of aliphatic hydroxyl groups is 10. The van der Waals surface area contributed by atoms with Crippen molar-refractivity contribution in [3.8, 4) is 0 Å². The van der Waals surface area contributed by atoms with Crippen molar-refractivity contribution in [2.75, 3.05) is 26.9 Å². The van der Waals surface area contributed by atoms with Gasteiger partial charge in [0.1, 0.15) is 67.1 Å². The lowest BCUT2D eigenvalue weighted by molar-refractivity contribution is -0.361. The third-order valence-corrected chi connectivity index (χ3v) is 18.3. The number of ether oxygens (including phenoxy) is 8. The van der Waals surface area contributed by atoms with Crippen molar-refractivity contribution in [2.45, 2.75) is 209 Å². The molecular weight excluding hydrogens is 840 g/mol. The van der Waals surface area contributed by atoms with Gasteiger partial charge in [0.05, 0.1) is 38.1 Å². The molecular formula is C46H78O18. The summed E-state index contributed by atoms with van der Waals surface area (Å²) in [7, 11) is 1.74. The molecule has 4 saturated heterocycles. The summed E-state index contributed by atoms with van der Waals surface area (Å²) in [5.74, 6) is 1.89. The minimum atomic E-state index is -1.63. The van der Waals surface area contributed by atoms with E-state index in [-0.39, 0.29) is 41.5 Å². The molecule has 8 rings (SSSR count). The predicted molar refractivity (Wildman–Crippen MR) is 222 cm³/mol. The summed E-state index contributed by atoms with van der Waals surface area (Å²) < 4.78 is 48.5. The van der Waals surface area contributed by atoms with Crippen LogP contribution in [0.15, 0.2) is 0 Å². The number of fused-ring (bicyclic) bond motifs is 7. The Morgan fingerprint density at radius 3 is 2.00 bits per heavy atom. The fraction of sp³-hybridized carbons (Fsp3) is 1.00. The van der Waals surface area contributed by atoms with Crippen molar-refractivity contribution in [2.24, 2.45) is 52.3 Å². The van der Waals surface area contributed by atoms with E-state index in [1.807, 2.05) is 6.92 Å². The maximum absolute atomic E-state index is 11.2. The molecule has 27 atom stereocenters. The number of rotatable bonds is 13. The number of hydrogen-bond donors (Lipinski definition) is 10. The standard InChI is InChI=1S/C46H78O18/c1-20(19-58-41-37(54)35(52)33(50)29(17-47)61-41)9-14-46(57-6)21(2)31-28(64-46)16-27-25-8-7-23-15-24(10-12-44(23,4)26(25)11-13-45(27,31)5)60-43-39(56)36(53)40(30(18-48)62-43)63-42-38(55)34(51)32(49)22(3)59-42/h20-43,47-56H,7-19H2,1-6H3/t20-,21-,22-,23+,24-,25+,26-,27+,28+,29+,30+,31+,32-,33+,34+,35-,36+,37+,38+,39+,40+,41+,42-,43+,44-,45-,46+/m0/s1. The van der Waals surface area contributed by atoms with Gasteiger partial charge < -0.3 is 89.0 Å². The molecule has 18 nitrogen and oxygen atoms in total. The summed E-state index contributed by atoms with van der Waals surface area (Å²) >= 11 is 0. The van der Waals surface area contributed by atoms with Crippen LogP contribution in [0.25, 0.3) is 0 Å². The summed E-state index contributed by atoms with van der Waals surface area (Å²) in [6, 6.07) is 0. The van der Waals surface area contributed by atoms with Gasteiger partial charge in [-0.05, 0) is 111 Å². The zero-order valence-electron chi connectivity index (χ0n) is 38.3. The molecule has 0 aromatic rings. The van der Waals surface area contributed by atoms with Gasteiger partial charge in [0, 0.05) is 19.4 Å². The maximum atomic E-state index is 11.2.